The molecule has 0 aromatic rings. The van der Waals surface area contributed by atoms with Crippen molar-refractivity contribution < 1.29 is 28.6 Å². The smallest absolute Gasteiger partial charge is 0.306 e. The molecule has 1 unspecified atom stereocenters. The highest BCUT2D eigenvalue weighted by Gasteiger charge is 2.19. The largest absolute Gasteiger partial charge is 0.462 e. The monoisotopic (exact) mass is 883 g/mol. The van der Waals surface area contributed by atoms with Gasteiger partial charge >= 0.3 is 17.9 Å². The summed E-state index contributed by atoms with van der Waals surface area (Å²) in [6.07, 6.45) is 71.5. The van der Waals surface area contributed by atoms with Crippen LogP contribution in [0.1, 0.15) is 194 Å². The summed E-state index contributed by atoms with van der Waals surface area (Å²) in [5, 5.41) is 0. The molecule has 358 valence electrons. The van der Waals surface area contributed by atoms with Gasteiger partial charge in [-0.25, -0.2) is 0 Å². The van der Waals surface area contributed by atoms with Gasteiger partial charge in [-0.2, -0.15) is 0 Å². The number of hydrogen-bond acceptors (Lipinski definition) is 6. The predicted molar refractivity (Wildman–Crippen MR) is 274 cm³/mol. The molecule has 0 bridgehead atoms. The van der Waals surface area contributed by atoms with E-state index in [1.54, 1.807) is 0 Å². The first-order chi connectivity index (χ1) is 31.5. The van der Waals surface area contributed by atoms with Crippen LogP contribution in [-0.2, 0) is 28.6 Å². The van der Waals surface area contributed by atoms with Crippen LogP contribution in [0.15, 0.2) is 134 Å². The normalized spacial score (nSPS) is 13.2. The van der Waals surface area contributed by atoms with Crippen molar-refractivity contribution in [3.8, 4) is 0 Å². The average molecular weight is 883 g/mol. The molecule has 0 aliphatic rings. The van der Waals surface area contributed by atoms with Gasteiger partial charge in [-0.3, -0.25) is 14.4 Å². The maximum Gasteiger partial charge on any atom is 0.306 e. The number of hydrogen-bond donors (Lipinski definition) is 0. The van der Waals surface area contributed by atoms with Gasteiger partial charge in [-0.15, -0.1) is 0 Å². The first-order valence-electron chi connectivity index (χ1n) is 25.2. The lowest BCUT2D eigenvalue weighted by Crippen LogP contribution is -2.30. The van der Waals surface area contributed by atoms with Gasteiger partial charge in [0.25, 0.3) is 0 Å². The highest BCUT2D eigenvalue weighted by atomic mass is 16.6. The van der Waals surface area contributed by atoms with Crippen LogP contribution in [0.5, 0.6) is 0 Å². The molecule has 6 heteroatoms. The SMILES string of the molecule is CC\C=C/C=C\C=C/CCCCCCCC(=O)OCC(COC(=O)CCC/C=C\C/C=C\C/C=C\C/C=C\CCCCC)OC(=O)CCCCC/C=C\C/C=C\C/C=C\C/C=C\CC. The van der Waals surface area contributed by atoms with Crippen LogP contribution in [0.4, 0.5) is 0 Å². The summed E-state index contributed by atoms with van der Waals surface area (Å²) in [5.41, 5.74) is 0. The van der Waals surface area contributed by atoms with Gasteiger partial charge in [0.05, 0.1) is 0 Å². The summed E-state index contributed by atoms with van der Waals surface area (Å²) in [6.45, 7) is 6.24. The van der Waals surface area contributed by atoms with E-state index in [2.05, 4.69) is 148 Å². The Morgan fingerprint density at radius 3 is 1.20 bits per heavy atom. The maximum absolute atomic E-state index is 12.8. The van der Waals surface area contributed by atoms with Crippen LogP contribution in [0.2, 0.25) is 0 Å². The Labute approximate surface area is 392 Å². The molecule has 0 spiro atoms. The van der Waals surface area contributed by atoms with E-state index in [4.69, 9.17) is 14.2 Å². The van der Waals surface area contributed by atoms with E-state index in [1.807, 2.05) is 6.08 Å². The molecule has 0 heterocycles. The van der Waals surface area contributed by atoms with Crippen molar-refractivity contribution in [2.75, 3.05) is 13.2 Å². The van der Waals surface area contributed by atoms with Crippen LogP contribution in [0.25, 0.3) is 0 Å². The second-order valence-corrected chi connectivity index (χ2v) is 16.0. The van der Waals surface area contributed by atoms with E-state index < -0.39 is 6.10 Å². The fourth-order valence-electron chi connectivity index (χ4n) is 6.19. The zero-order valence-corrected chi connectivity index (χ0v) is 40.7. The van der Waals surface area contributed by atoms with Crippen molar-refractivity contribution in [1.82, 2.24) is 0 Å². The van der Waals surface area contributed by atoms with Gasteiger partial charge in [0.1, 0.15) is 13.2 Å². The van der Waals surface area contributed by atoms with E-state index in [0.29, 0.717) is 19.3 Å². The third-order valence-electron chi connectivity index (χ3n) is 9.93. The van der Waals surface area contributed by atoms with E-state index in [-0.39, 0.29) is 44.0 Å². The predicted octanol–water partition coefficient (Wildman–Crippen LogP) is 16.7. The molecule has 0 aromatic heterocycles. The summed E-state index contributed by atoms with van der Waals surface area (Å²) in [7, 11) is 0. The third kappa shape index (κ3) is 48.6. The number of ether oxygens (including phenoxy) is 3. The highest BCUT2D eigenvalue weighted by molar-refractivity contribution is 5.71. The van der Waals surface area contributed by atoms with Crippen LogP contribution < -0.4 is 0 Å². The summed E-state index contributed by atoms with van der Waals surface area (Å²) < 4.78 is 16.7. The molecule has 0 rings (SSSR count). The summed E-state index contributed by atoms with van der Waals surface area (Å²) in [6, 6.07) is 0. The Bertz CT molecular complexity index is 1430. The van der Waals surface area contributed by atoms with Crippen LogP contribution in [0.3, 0.4) is 0 Å². The van der Waals surface area contributed by atoms with Gasteiger partial charge in [0.15, 0.2) is 6.10 Å². The Kier molecular flexibility index (Phi) is 47.6. The van der Waals surface area contributed by atoms with E-state index in [1.165, 1.54) is 25.7 Å². The second kappa shape index (κ2) is 51.2. The molecule has 64 heavy (non-hydrogen) atoms. The van der Waals surface area contributed by atoms with Crippen molar-refractivity contribution in [1.29, 1.82) is 0 Å². The number of carbonyl (C=O) groups is 3. The van der Waals surface area contributed by atoms with E-state index in [9.17, 15) is 14.4 Å². The topological polar surface area (TPSA) is 78.9 Å². The maximum atomic E-state index is 12.8. The number of allylic oxidation sites excluding steroid dienone is 22. The second-order valence-electron chi connectivity index (χ2n) is 16.0. The van der Waals surface area contributed by atoms with E-state index >= 15 is 0 Å². The van der Waals surface area contributed by atoms with E-state index in [0.717, 1.165) is 116 Å². The van der Waals surface area contributed by atoms with Gasteiger partial charge in [-0.05, 0) is 116 Å². The lowest BCUT2D eigenvalue weighted by molar-refractivity contribution is -0.167. The number of carbonyl (C=O) groups excluding carboxylic acids is 3. The third-order valence-corrected chi connectivity index (χ3v) is 9.93. The van der Waals surface area contributed by atoms with Crippen molar-refractivity contribution >= 4 is 17.9 Å². The molecule has 0 aromatic carbocycles. The Hall–Kier alpha value is -4.45. The fraction of sp³-hybridized carbons (Fsp3) is 0.569. The van der Waals surface area contributed by atoms with Crippen molar-refractivity contribution in [3.63, 3.8) is 0 Å². The minimum atomic E-state index is -0.830. The lowest BCUT2D eigenvalue weighted by atomic mass is 10.1. The molecular weight excluding hydrogens is 793 g/mol. The minimum Gasteiger partial charge on any atom is -0.462 e. The number of esters is 3. The average Bonchev–Trinajstić information content (AvgIpc) is 3.29. The van der Waals surface area contributed by atoms with Gasteiger partial charge in [0, 0.05) is 19.3 Å². The van der Waals surface area contributed by atoms with Crippen molar-refractivity contribution in [3.05, 3.63) is 134 Å². The Morgan fingerprint density at radius 2 is 0.703 bits per heavy atom. The number of rotatable bonds is 43. The zero-order chi connectivity index (χ0) is 46.5. The lowest BCUT2D eigenvalue weighted by Gasteiger charge is -2.18. The summed E-state index contributed by atoms with van der Waals surface area (Å²) in [4.78, 5) is 37.9. The molecule has 1 atom stereocenters. The summed E-state index contributed by atoms with van der Waals surface area (Å²) >= 11 is 0. The molecule has 0 aliphatic carbocycles. The molecule has 0 saturated heterocycles. The number of unbranched alkanes of at least 4 members (excludes halogenated alkanes) is 12. The molecule has 0 saturated carbocycles. The summed E-state index contributed by atoms with van der Waals surface area (Å²) in [5.74, 6) is -1.04. The fourth-order valence-corrected chi connectivity index (χ4v) is 6.19. The van der Waals surface area contributed by atoms with Crippen LogP contribution in [0, 0.1) is 0 Å². The van der Waals surface area contributed by atoms with Crippen LogP contribution >= 0.6 is 0 Å². The van der Waals surface area contributed by atoms with Gasteiger partial charge in [0.2, 0.25) is 0 Å². The van der Waals surface area contributed by atoms with Gasteiger partial charge in [-0.1, -0.05) is 193 Å². The zero-order valence-electron chi connectivity index (χ0n) is 40.7. The molecular formula is C58H90O6. The van der Waals surface area contributed by atoms with Crippen molar-refractivity contribution in [2.24, 2.45) is 0 Å². The Balaban J connectivity index is 4.59. The van der Waals surface area contributed by atoms with Gasteiger partial charge < -0.3 is 14.2 Å². The molecule has 0 radical (unpaired) electrons. The van der Waals surface area contributed by atoms with Crippen molar-refractivity contribution in [2.45, 2.75) is 200 Å². The molecule has 0 fully saturated rings. The molecule has 6 nitrogen and oxygen atoms in total. The standard InChI is InChI=1S/C58H90O6/c1-4-7-10-13-16-19-22-25-27-29-31-33-36-39-42-45-48-51-57(60)63-54-55(53-62-56(59)50-47-44-41-38-35-32-24-21-18-15-12-9-6-3)64-58(61)52-49-46-43-40-37-34-30-28-26-23-20-17-14-11-8-5-2/h8-9,11-12,15-21,24-28,31,33-34,37,39,42,55H,4-7,10,13-14,22-23,29-30,32,35-36,38,40-41,43-54H2,1-3H3/b11-8-,12-9-,18-15-,19-16-,20-17-,24-21-,27-25-,28-26-,33-31-,37-34-,42-39-. The first kappa shape index (κ1) is 59.5. The van der Waals surface area contributed by atoms with Crippen LogP contribution in [-0.4, -0.2) is 37.2 Å². The molecule has 0 aliphatic heterocycles. The first-order valence-corrected chi connectivity index (χ1v) is 25.2. The quantitative estimate of drug-likeness (QED) is 0.0200. The molecule has 0 N–H and O–H groups in total. The highest BCUT2D eigenvalue weighted by Crippen LogP contribution is 2.11. The molecule has 0 amide bonds. The Morgan fingerprint density at radius 1 is 0.344 bits per heavy atom. The minimum absolute atomic E-state index is 0.124.